The number of nitrogens with one attached hydrogen (secondary N) is 1. The Morgan fingerprint density at radius 2 is 2.00 bits per heavy atom. The molecule has 3 N–H and O–H groups in total. The van der Waals surface area contributed by atoms with Crippen molar-refractivity contribution in [3.63, 3.8) is 0 Å². The van der Waals surface area contributed by atoms with Crippen LogP contribution in [0.15, 0.2) is 53.6 Å². The molecule has 8 nitrogen and oxygen atoms in total. The van der Waals surface area contributed by atoms with Crippen LogP contribution < -0.4 is 5.43 Å². The van der Waals surface area contributed by atoms with Crippen LogP contribution in [0, 0.1) is 10.1 Å². The standard InChI is InChI=1S/C17H17N3O5/c21-15(13-4-2-1-3-5-13)8-9-17(23)19-18-11-12-6-7-16(22)14(10-12)20(24)25/h1-7,10-11,15,21-22H,8-9H2,(H,19,23)/b18-11+. The molecule has 1 amide bonds. The van der Waals surface area contributed by atoms with E-state index in [2.05, 4.69) is 10.5 Å². The van der Waals surface area contributed by atoms with Gasteiger partial charge in [-0.3, -0.25) is 14.9 Å². The summed E-state index contributed by atoms with van der Waals surface area (Å²) in [6, 6.07) is 12.8. The fraction of sp³-hybridized carbons (Fsp3) is 0.176. The Morgan fingerprint density at radius 1 is 1.28 bits per heavy atom. The molecule has 130 valence electrons. The summed E-state index contributed by atoms with van der Waals surface area (Å²) in [7, 11) is 0. The Labute approximate surface area is 143 Å². The summed E-state index contributed by atoms with van der Waals surface area (Å²) in [5.41, 5.74) is 2.93. The largest absolute Gasteiger partial charge is 0.502 e. The van der Waals surface area contributed by atoms with E-state index >= 15 is 0 Å². The number of hydrogen-bond donors (Lipinski definition) is 3. The van der Waals surface area contributed by atoms with Crippen molar-refractivity contribution in [2.24, 2.45) is 5.10 Å². The van der Waals surface area contributed by atoms with Crippen LogP contribution >= 0.6 is 0 Å². The number of nitro benzene ring substituents is 1. The minimum atomic E-state index is -0.740. The van der Waals surface area contributed by atoms with E-state index in [1.807, 2.05) is 6.07 Å². The average molecular weight is 343 g/mol. The molecule has 0 aromatic heterocycles. The number of phenols is 1. The number of aromatic hydroxyl groups is 1. The Hall–Kier alpha value is -3.26. The highest BCUT2D eigenvalue weighted by Crippen LogP contribution is 2.25. The van der Waals surface area contributed by atoms with Crippen LogP contribution in [0.25, 0.3) is 0 Å². The van der Waals surface area contributed by atoms with Gasteiger partial charge in [0.25, 0.3) is 0 Å². The van der Waals surface area contributed by atoms with Gasteiger partial charge in [0, 0.05) is 18.1 Å². The highest BCUT2D eigenvalue weighted by Gasteiger charge is 2.13. The molecule has 0 aliphatic rings. The van der Waals surface area contributed by atoms with Gasteiger partial charge in [0.05, 0.1) is 17.2 Å². The molecule has 0 aliphatic carbocycles. The van der Waals surface area contributed by atoms with Crippen LogP contribution in [0.3, 0.4) is 0 Å². The number of hydrogen-bond acceptors (Lipinski definition) is 6. The van der Waals surface area contributed by atoms with Crippen LogP contribution in [-0.2, 0) is 4.79 Å². The zero-order chi connectivity index (χ0) is 18.2. The van der Waals surface area contributed by atoms with Gasteiger partial charge in [-0.2, -0.15) is 5.10 Å². The normalized spacial score (nSPS) is 12.0. The summed E-state index contributed by atoms with van der Waals surface area (Å²) in [4.78, 5) is 21.7. The summed E-state index contributed by atoms with van der Waals surface area (Å²) in [6.07, 6.45) is 0.813. The zero-order valence-electron chi connectivity index (χ0n) is 13.2. The van der Waals surface area contributed by atoms with Gasteiger partial charge in [-0.1, -0.05) is 30.3 Å². The second-order valence-corrected chi connectivity index (χ2v) is 5.26. The second kappa shape index (κ2) is 8.55. The first-order valence-corrected chi connectivity index (χ1v) is 7.49. The molecule has 8 heteroatoms. The third-order valence-corrected chi connectivity index (χ3v) is 3.43. The molecule has 25 heavy (non-hydrogen) atoms. The van der Waals surface area contributed by atoms with Crippen molar-refractivity contribution in [1.82, 2.24) is 5.43 Å². The molecule has 0 spiro atoms. The smallest absolute Gasteiger partial charge is 0.311 e. The Balaban J connectivity index is 1.84. The van der Waals surface area contributed by atoms with E-state index < -0.39 is 22.5 Å². The first kappa shape index (κ1) is 18.1. The number of aliphatic hydroxyl groups is 1. The number of carbonyl (C=O) groups excluding carboxylic acids is 1. The molecule has 0 fully saturated rings. The molecule has 2 aromatic rings. The summed E-state index contributed by atoms with van der Waals surface area (Å²) in [5.74, 6) is -0.833. The second-order valence-electron chi connectivity index (χ2n) is 5.26. The predicted octanol–water partition coefficient (Wildman–Crippen LogP) is 2.26. The number of phenolic OH excluding ortho intramolecular Hbond substituents is 1. The molecule has 0 radical (unpaired) electrons. The number of amides is 1. The summed E-state index contributed by atoms with van der Waals surface area (Å²) in [6.45, 7) is 0. The molecule has 0 saturated carbocycles. The Kier molecular flexibility index (Phi) is 6.19. The lowest BCUT2D eigenvalue weighted by Gasteiger charge is -2.09. The summed E-state index contributed by atoms with van der Waals surface area (Å²) < 4.78 is 0. The van der Waals surface area contributed by atoms with E-state index in [1.165, 1.54) is 18.3 Å². The van der Waals surface area contributed by atoms with Crippen LogP contribution in [0.5, 0.6) is 5.75 Å². The quantitative estimate of drug-likeness (QED) is 0.404. The van der Waals surface area contributed by atoms with E-state index in [0.29, 0.717) is 5.56 Å². The lowest BCUT2D eigenvalue weighted by atomic mass is 10.1. The van der Waals surface area contributed by atoms with Gasteiger partial charge in [-0.25, -0.2) is 5.43 Å². The maximum atomic E-state index is 11.7. The monoisotopic (exact) mass is 343 g/mol. The van der Waals surface area contributed by atoms with Crippen molar-refractivity contribution in [2.45, 2.75) is 18.9 Å². The van der Waals surface area contributed by atoms with Crippen molar-refractivity contribution < 1.29 is 19.9 Å². The third kappa shape index (κ3) is 5.40. The molecule has 1 atom stereocenters. The summed E-state index contributed by atoms with van der Waals surface area (Å²) in [5, 5.41) is 33.8. The number of carbonyl (C=O) groups is 1. The average Bonchev–Trinajstić information content (AvgIpc) is 2.61. The van der Waals surface area contributed by atoms with E-state index in [-0.39, 0.29) is 18.7 Å². The van der Waals surface area contributed by atoms with E-state index in [4.69, 9.17) is 0 Å². The fourth-order valence-corrected chi connectivity index (χ4v) is 2.11. The predicted molar refractivity (Wildman–Crippen MR) is 91.1 cm³/mol. The highest BCUT2D eigenvalue weighted by atomic mass is 16.6. The van der Waals surface area contributed by atoms with Crippen molar-refractivity contribution in [3.05, 3.63) is 69.8 Å². The lowest BCUT2D eigenvalue weighted by Crippen LogP contribution is -2.18. The van der Waals surface area contributed by atoms with Crippen LogP contribution in [-0.4, -0.2) is 27.3 Å². The highest BCUT2D eigenvalue weighted by molar-refractivity contribution is 5.83. The number of rotatable bonds is 7. The lowest BCUT2D eigenvalue weighted by molar-refractivity contribution is -0.385. The molecule has 0 bridgehead atoms. The van der Waals surface area contributed by atoms with E-state index in [9.17, 15) is 25.1 Å². The third-order valence-electron chi connectivity index (χ3n) is 3.43. The van der Waals surface area contributed by atoms with Gasteiger partial charge in [0.15, 0.2) is 5.75 Å². The first-order valence-electron chi connectivity index (χ1n) is 7.49. The van der Waals surface area contributed by atoms with Gasteiger partial charge in [-0.05, 0) is 24.1 Å². The SMILES string of the molecule is O=C(CCC(O)c1ccccc1)N/N=C/c1ccc(O)c([N+](=O)[O-])c1. The van der Waals surface area contributed by atoms with E-state index in [1.54, 1.807) is 24.3 Å². The molecule has 1 unspecified atom stereocenters. The first-order chi connectivity index (χ1) is 12.0. The van der Waals surface area contributed by atoms with Gasteiger partial charge in [-0.15, -0.1) is 0 Å². The number of nitro groups is 1. The topological polar surface area (TPSA) is 125 Å². The molecule has 0 heterocycles. The van der Waals surface area contributed by atoms with Gasteiger partial charge < -0.3 is 10.2 Å². The van der Waals surface area contributed by atoms with Crippen LogP contribution in [0.2, 0.25) is 0 Å². The van der Waals surface area contributed by atoms with Crippen LogP contribution in [0.4, 0.5) is 5.69 Å². The molecular weight excluding hydrogens is 326 g/mol. The van der Waals surface area contributed by atoms with Crippen LogP contribution in [0.1, 0.15) is 30.1 Å². The fourth-order valence-electron chi connectivity index (χ4n) is 2.11. The van der Waals surface area contributed by atoms with Crippen molar-refractivity contribution in [2.75, 3.05) is 0 Å². The maximum Gasteiger partial charge on any atom is 0.311 e. The van der Waals surface area contributed by atoms with Crippen molar-refractivity contribution in [1.29, 1.82) is 0 Å². The van der Waals surface area contributed by atoms with E-state index in [0.717, 1.165) is 11.6 Å². The number of hydrazone groups is 1. The number of aliphatic hydroxyl groups excluding tert-OH is 1. The molecule has 0 saturated heterocycles. The van der Waals surface area contributed by atoms with Gasteiger partial charge in [0.1, 0.15) is 0 Å². The van der Waals surface area contributed by atoms with Gasteiger partial charge in [0.2, 0.25) is 5.91 Å². The summed E-state index contributed by atoms with van der Waals surface area (Å²) >= 11 is 0. The van der Waals surface area contributed by atoms with Crippen molar-refractivity contribution in [3.8, 4) is 5.75 Å². The number of benzene rings is 2. The maximum absolute atomic E-state index is 11.7. The molecule has 2 aromatic carbocycles. The molecular formula is C17H17N3O5. The number of nitrogens with zero attached hydrogens (tertiary/aromatic N) is 2. The minimum Gasteiger partial charge on any atom is -0.502 e. The zero-order valence-corrected chi connectivity index (χ0v) is 13.2. The van der Waals surface area contributed by atoms with Crippen molar-refractivity contribution >= 4 is 17.8 Å². The Bertz CT molecular complexity index is 777. The molecule has 2 rings (SSSR count). The Morgan fingerprint density at radius 3 is 2.68 bits per heavy atom. The van der Waals surface area contributed by atoms with Gasteiger partial charge >= 0.3 is 5.69 Å². The molecule has 0 aliphatic heterocycles. The minimum absolute atomic E-state index is 0.0725.